The molecule has 0 saturated heterocycles. The van der Waals surface area contributed by atoms with Gasteiger partial charge in [0.15, 0.2) is 6.10 Å². The summed E-state index contributed by atoms with van der Waals surface area (Å²) in [5, 5.41) is 2.88. The molecule has 156 valence electrons. The van der Waals surface area contributed by atoms with Crippen LogP contribution in [-0.2, 0) is 4.79 Å². The molecule has 1 unspecified atom stereocenters. The molecule has 0 aliphatic heterocycles. The maximum atomic E-state index is 12.5. The van der Waals surface area contributed by atoms with Crippen LogP contribution in [0, 0.1) is 13.8 Å². The largest absolute Gasteiger partial charge is 0.490 e. The molecule has 0 aliphatic carbocycles. The summed E-state index contributed by atoms with van der Waals surface area (Å²) in [5.74, 6) is 1.96. The number of hydrogen-bond donors (Lipinski definition) is 1. The lowest BCUT2D eigenvalue weighted by atomic mass is 10.1. The summed E-state index contributed by atoms with van der Waals surface area (Å²) in [6.45, 7) is 6.52. The van der Waals surface area contributed by atoms with E-state index in [1.807, 2.05) is 80.6 Å². The SMILES string of the molecule is Cc1ccc(C)c(OC(C)C(=O)Nc2cccc(OCCOc3ccccc3)c2)c1. The molecule has 0 radical (unpaired) electrons. The highest BCUT2D eigenvalue weighted by Crippen LogP contribution is 2.22. The second-order valence-electron chi connectivity index (χ2n) is 7.06. The molecule has 0 heterocycles. The van der Waals surface area contributed by atoms with Crippen molar-refractivity contribution in [1.82, 2.24) is 0 Å². The summed E-state index contributed by atoms with van der Waals surface area (Å²) >= 11 is 0. The highest BCUT2D eigenvalue weighted by atomic mass is 16.5. The van der Waals surface area contributed by atoms with Crippen LogP contribution in [0.1, 0.15) is 18.1 Å². The summed E-state index contributed by atoms with van der Waals surface area (Å²) in [4.78, 5) is 12.5. The fraction of sp³-hybridized carbons (Fsp3) is 0.240. The molecule has 1 N–H and O–H groups in total. The first-order valence-electron chi connectivity index (χ1n) is 9.97. The highest BCUT2D eigenvalue weighted by Gasteiger charge is 2.16. The van der Waals surface area contributed by atoms with Crippen molar-refractivity contribution in [3.8, 4) is 17.2 Å². The van der Waals surface area contributed by atoms with E-state index in [-0.39, 0.29) is 5.91 Å². The number of aryl methyl sites for hydroxylation is 2. The van der Waals surface area contributed by atoms with E-state index in [1.54, 1.807) is 13.0 Å². The van der Waals surface area contributed by atoms with Crippen LogP contribution in [0.15, 0.2) is 72.8 Å². The van der Waals surface area contributed by atoms with Gasteiger partial charge in [-0.3, -0.25) is 4.79 Å². The standard InChI is InChI=1S/C25H27NO4/c1-18-12-13-19(2)24(16-18)30-20(3)25(27)26-21-8-7-11-23(17-21)29-15-14-28-22-9-5-4-6-10-22/h4-13,16-17,20H,14-15H2,1-3H3,(H,26,27). The van der Waals surface area contributed by atoms with Gasteiger partial charge in [0, 0.05) is 11.8 Å². The summed E-state index contributed by atoms with van der Waals surface area (Å²) < 4.78 is 17.2. The first kappa shape index (κ1) is 21.2. The summed E-state index contributed by atoms with van der Waals surface area (Å²) in [5.41, 5.74) is 2.73. The van der Waals surface area contributed by atoms with E-state index < -0.39 is 6.10 Å². The number of ether oxygens (including phenoxy) is 3. The van der Waals surface area contributed by atoms with E-state index in [4.69, 9.17) is 14.2 Å². The van der Waals surface area contributed by atoms with Crippen LogP contribution < -0.4 is 19.5 Å². The highest BCUT2D eigenvalue weighted by molar-refractivity contribution is 5.94. The van der Waals surface area contributed by atoms with Gasteiger partial charge >= 0.3 is 0 Å². The van der Waals surface area contributed by atoms with Crippen molar-refractivity contribution in [2.24, 2.45) is 0 Å². The Morgan fingerprint density at radius 3 is 2.33 bits per heavy atom. The molecule has 1 atom stereocenters. The number of carbonyl (C=O) groups is 1. The van der Waals surface area contributed by atoms with Crippen LogP contribution in [0.25, 0.3) is 0 Å². The zero-order chi connectivity index (χ0) is 21.3. The van der Waals surface area contributed by atoms with E-state index in [1.165, 1.54) is 0 Å². The molecular weight excluding hydrogens is 378 g/mol. The fourth-order valence-corrected chi connectivity index (χ4v) is 2.82. The van der Waals surface area contributed by atoms with Gasteiger partial charge in [0.1, 0.15) is 30.5 Å². The van der Waals surface area contributed by atoms with Gasteiger partial charge in [-0.05, 0) is 62.2 Å². The third kappa shape index (κ3) is 6.27. The van der Waals surface area contributed by atoms with Crippen molar-refractivity contribution in [2.45, 2.75) is 26.9 Å². The zero-order valence-electron chi connectivity index (χ0n) is 17.6. The number of benzene rings is 3. The van der Waals surface area contributed by atoms with Gasteiger partial charge in [-0.15, -0.1) is 0 Å². The van der Waals surface area contributed by atoms with E-state index in [0.29, 0.717) is 30.4 Å². The van der Waals surface area contributed by atoms with Crippen molar-refractivity contribution in [3.05, 3.63) is 83.9 Å². The van der Waals surface area contributed by atoms with Crippen LogP contribution in [0.3, 0.4) is 0 Å². The average Bonchev–Trinajstić information content (AvgIpc) is 2.75. The van der Waals surface area contributed by atoms with Gasteiger partial charge < -0.3 is 19.5 Å². The number of anilines is 1. The Labute approximate surface area is 177 Å². The predicted molar refractivity (Wildman–Crippen MR) is 119 cm³/mol. The van der Waals surface area contributed by atoms with Crippen LogP contribution in [0.2, 0.25) is 0 Å². The quantitative estimate of drug-likeness (QED) is 0.499. The molecule has 0 fully saturated rings. The monoisotopic (exact) mass is 405 g/mol. The molecule has 3 aromatic rings. The summed E-state index contributed by atoms with van der Waals surface area (Å²) in [6.07, 6.45) is -0.630. The number of carbonyl (C=O) groups excluding carboxylic acids is 1. The molecule has 3 aromatic carbocycles. The van der Waals surface area contributed by atoms with E-state index >= 15 is 0 Å². The Morgan fingerprint density at radius 1 is 0.867 bits per heavy atom. The van der Waals surface area contributed by atoms with E-state index in [0.717, 1.165) is 16.9 Å². The zero-order valence-corrected chi connectivity index (χ0v) is 17.6. The third-order valence-electron chi connectivity index (χ3n) is 4.48. The fourth-order valence-electron chi connectivity index (χ4n) is 2.82. The molecule has 0 spiro atoms. The smallest absolute Gasteiger partial charge is 0.265 e. The van der Waals surface area contributed by atoms with Crippen molar-refractivity contribution in [1.29, 1.82) is 0 Å². The third-order valence-corrected chi connectivity index (χ3v) is 4.48. The topological polar surface area (TPSA) is 56.8 Å². The van der Waals surface area contributed by atoms with E-state index in [9.17, 15) is 4.79 Å². The van der Waals surface area contributed by atoms with Gasteiger partial charge in [0.05, 0.1) is 0 Å². The van der Waals surface area contributed by atoms with Crippen LogP contribution in [0.4, 0.5) is 5.69 Å². The number of rotatable bonds is 9. The van der Waals surface area contributed by atoms with Gasteiger partial charge in [-0.1, -0.05) is 36.4 Å². The minimum absolute atomic E-state index is 0.222. The van der Waals surface area contributed by atoms with Crippen LogP contribution in [0.5, 0.6) is 17.2 Å². The Kier molecular flexibility index (Phi) is 7.33. The lowest BCUT2D eigenvalue weighted by Crippen LogP contribution is -2.30. The molecule has 0 saturated carbocycles. The molecule has 5 heteroatoms. The lowest BCUT2D eigenvalue weighted by Gasteiger charge is -2.17. The minimum Gasteiger partial charge on any atom is -0.490 e. The van der Waals surface area contributed by atoms with Crippen molar-refractivity contribution in [2.75, 3.05) is 18.5 Å². The van der Waals surface area contributed by atoms with Crippen molar-refractivity contribution >= 4 is 11.6 Å². The molecule has 5 nitrogen and oxygen atoms in total. The molecular formula is C25H27NO4. The molecule has 30 heavy (non-hydrogen) atoms. The molecule has 1 amide bonds. The second-order valence-corrected chi connectivity index (χ2v) is 7.06. The van der Waals surface area contributed by atoms with Crippen molar-refractivity contribution in [3.63, 3.8) is 0 Å². The number of hydrogen-bond acceptors (Lipinski definition) is 4. The van der Waals surface area contributed by atoms with Gasteiger partial charge in [-0.25, -0.2) is 0 Å². The predicted octanol–water partition coefficient (Wildman–Crippen LogP) is 5.17. The molecule has 3 rings (SSSR count). The van der Waals surface area contributed by atoms with Gasteiger partial charge in [0.2, 0.25) is 0 Å². The van der Waals surface area contributed by atoms with Crippen molar-refractivity contribution < 1.29 is 19.0 Å². The molecule has 0 aliphatic rings. The van der Waals surface area contributed by atoms with Gasteiger partial charge in [-0.2, -0.15) is 0 Å². The summed E-state index contributed by atoms with van der Waals surface area (Å²) in [7, 11) is 0. The maximum Gasteiger partial charge on any atom is 0.265 e. The second kappa shape index (κ2) is 10.3. The minimum atomic E-state index is -0.630. The Bertz CT molecular complexity index is 972. The number of nitrogens with one attached hydrogen (secondary N) is 1. The number of amides is 1. The molecule has 0 aromatic heterocycles. The normalized spacial score (nSPS) is 11.4. The summed E-state index contributed by atoms with van der Waals surface area (Å²) in [6, 6.07) is 22.8. The lowest BCUT2D eigenvalue weighted by molar-refractivity contribution is -0.122. The number of para-hydroxylation sites is 1. The first-order valence-corrected chi connectivity index (χ1v) is 9.97. The Morgan fingerprint density at radius 2 is 1.57 bits per heavy atom. The first-order chi connectivity index (χ1) is 14.5. The average molecular weight is 405 g/mol. The maximum absolute atomic E-state index is 12.5. The van der Waals surface area contributed by atoms with E-state index in [2.05, 4.69) is 5.32 Å². The molecule has 0 bridgehead atoms. The Balaban J connectivity index is 1.50. The van der Waals surface area contributed by atoms with Gasteiger partial charge in [0.25, 0.3) is 5.91 Å². The van der Waals surface area contributed by atoms with Crippen LogP contribution in [-0.4, -0.2) is 25.2 Å². The van der Waals surface area contributed by atoms with Crippen LogP contribution >= 0.6 is 0 Å². The Hall–Kier alpha value is -3.47.